The van der Waals surface area contributed by atoms with Crippen molar-refractivity contribution in [1.82, 2.24) is 9.62 Å². The molecule has 1 N–H and O–H groups in total. The maximum atomic E-state index is 14.1. The van der Waals surface area contributed by atoms with Crippen molar-refractivity contribution in [3.8, 4) is 0 Å². The van der Waals surface area contributed by atoms with Crippen LogP contribution in [0.3, 0.4) is 0 Å². The maximum Gasteiger partial charge on any atom is 0.310 e. The van der Waals surface area contributed by atoms with Gasteiger partial charge in [0.1, 0.15) is 11.9 Å². The van der Waals surface area contributed by atoms with Crippen LogP contribution in [-0.2, 0) is 30.9 Å². The fraction of sp³-hybridized carbons (Fsp3) is 0.259. The van der Waals surface area contributed by atoms with Gasteiger partial charge in [-0.15, -0.1) is 0 Å². The molecule has 1 aliphatic rings. The topological polar surface area (TPSA) is 92.8 Å². The molecule has 0 spiro atoms. The van der Waals surface area contributed by atoms with Gasteiger partial charge in [0.15, 0.2) is 0 Å². The summed E-state index contributed by atoms with van der Waals surface area (Å²) in [6, 6.07) is 13.2. The van der Waals surface area contributed by atoms with Crippen LogP contribution < -0.4 is 5.32 Å². The molecule has 3 atom stereocenters. The summed E-state index contributed by atoms with van der Waals surface area (Å²) >= 11 is 18.4. The van der Waals surface area contributed by atoms with Gasteiger partial charge >= 0.3 is 5.97 Å². The monoisotopic (exact) mass is 612 g/mol. The lowest BCUT2D eigenvalue weighted by Crippen LogP contribution is -2.46. The Morgan fingerprint density at radius 1 is 1.00 bits per heavy atom. The molecule has 1 fully saturated rings. The number of carbonyl (C=O) groups excluding carboxylic acids is 2. The molecule has 3 aromatic rings. The van der Waals surface area contributed by atoms with Gasteiger partial charge in [-0.05, 0) is 73.0 Å². The van der Waals surface area contributed by atoms with Crippen LogP contribution in [0.2, 0.25) is 15.1 Å². The number of hydrogen-bond acceptors (Lipinski definition) is 5. The molecule has 7 nitrogen and oxygen atoms in total. The largest absolute Gasteiger partial charge is 0.466 e. The number of rotatable bonds is 8. The zero-order chi connectivity index (χ0) is 28.3. The van der Waals surface area contributed by atoms with Crippen molar-refractivity contribution >= 4 is 56.7 Å². The molecule has 4 rings (SSSR count). The Morgan fingerprint density at radius 2 is 1.67 bits per heavy atom. The van der Waals surface area contributed by atoms with E-state index in [4.69, 9.17) is 39.5 Å². The summed E-state index contributed by atoms with van der Waals surface area (Å²) in [6.07, 6.45) is -0.147. The summed E-state index contributed by atoms with van der Waals surface area (Å²) in [5, 5.41) is 3.45. The van der Waals surface area contributed by atoms with Gasteiger partial charge in [-0.1, -0.05) is 53.0 Å². The van der Waals surface area contributed by atoms with Crippen LogP contribution >= 0.6 is 34.8 Å². The van der Waals surface area contributed by atoms with Crippen molar-refractivity contribution in [3.05, 3.63) is 98.7 Å². The predicted octanol–water partition coefficient (Wildman–Crippen LogP) is 5.79. The lowest BCUT2D eigenvalue weighted by molar-refractivity contribution is -0.148. The van der Waals surface area contributed by atoms with E-state index in [-0.39, 0.29) is 34.5 Å². The Labute approximate surface area is 240 Å². The standard InChI is InChI=1S/C27H24Cl3FN2O5S/c1-2-38-27(35)21-14-24(26(34)32-15-16-3-8-19(31)9-4-16)33(25(21)17-5-12-22(29)23(30)13-17)39(36,37)20-10-6-18(28)7-11-20/h3-13,21,24-25H,2,14-15H2,1H3,(H,32,34). The average Bonchev–Trinajstić information content (AvgIpc) is 3.32. The quantitative estimate of drug-likeness (QED) is 0.325. The summed E-state index contributed by atoms with van der Waals surface area (Å²) < 4.78 is 47.8. The minimum Gasteiger partial charge on any atom is -0.466 e. The van der Waals surface area contributed by atoms with Gasteiger partial charge in [-0.2, -0.15) is 4.31 Å². The van der Waals surface area contributed by atoms with Crippen LogP contribution in [0.1, 0.15) is 30.5 Å². The second-order valence-electron chi connectivity index (χ2n) is 8.86. The number of ether oxygens (including phenoxy) is 1. The first kappa shape index (κ1) is 29.3. The van der Waals surface area contributed by atoms with Crippen LogP contribution in [0.15, 0.2) is 71.6 Å². The lowest BCUT2D eigenvalue weighted by atomic mass is 9.93. The molecule has 1 saturated heterocycles. The van der Waals surface area contributed by atoms with Crippen LogP contribution in [0.25, 0.3) is 0 Å². The molecule has 3 unspecified atom stereocenters. The first-order valence-corrected chi connectivity index (χ1v) is 14.5. The molecule has 3 aromatic carbocycles. The molecule has 206 valence electrons. The summed E-state index contributed by atoms with van der Waals surface area (Å²) in [5.74, 6) is -2.74. The molecule has 0 aromatic heterocycles. The van der Waals surface area contributed by atoms with E-state index in [1.54, 1.807) is 13.0 Å². The van der Waals surface area contributed by atoms with E-state index < -0.39 is 45.7 Å². The number of nitrogens with zero attached hydrogens (tertiary/aromatic N) is 1. The highest BCUT2D eigenvalue weighted by Crippen LogP contribution is 2.46. The number of carbonyl (C=O) groups is 2. The number of benzene rings is 3. The van der Waals surface area contributed by atoms with E-state index in [2.05, 4.69) is 5.32 Å². The zero-order valence-electron chi connectivity index (χ0n) is 20.6. The first-order valence-electron chi connectivity index (χ1n) is 12.0. The molecule has 0 radical (unpaired) electrons. The highest BCUT2D eigenvalue weighted by Gasteiger charge is 2.54. The molecule has 12 heteroatoms. The second-order valence-corrected chi connectivity index (χ2v) is 12.0. The molecule has 1 aliphatic heterocycles. The fourth-order valence-electron chi connectivity index (χ4n) is 4.57. The van der Waals surface area contributed by atoms with E-state index in [0.717, 1.165) is 4.31 Å². The first-order chi connectivity index (χ1) is 18.5. The van der Waals surface area contributed by atoms with Crippen LogP contribution in [0.4, 0.5) is 4.39 Å². The number of halogens is 4. The Balaban J connectivity index is 1.80. The SMILES string of the molecule is CCOC(=O)C1CC(C(=O)NCc2ccc(F)cc2)N(S(=O)(=O)c2ccc(Cl)cc2)C1c1ccc(Cl)c(Cl)c1. The molecule has 0 aliphatic carbocycles. The van der Waals surface area contributed by atoms with Crippen molar-refractivity contribution in [3.63, 3.8) is 0 Å². The van der Waals surface area contributed by atoms with E-state index in [0.29, 0.717) is 16.1 Å². The third-order valence-corrected chi connectivity index (χ3v) is 9.28. The predicted molar refractivity (Wildman–Crippen MR) is 146 cm³/mol. The van der Waals surface area contributed by atoms with Gasteiger partial charge in [0, 0.05) is 11.6 Å². The normalized spacial score (nSPS) is 19.6. The van der Waals surface area contributed by atoms with Gasteiger partial charge in [-0.25, -0.2) is 12.8 Å². The summed E-state index contributed by atoms with van der Waals surface area (Å²) in [4.78, 5) is 26.6. The molecular weight excluding hydrogens is 590 g/mol. The van der Waals surface area contributed by atoms with Crippen molar-refractivity contribution < 1.29 is 27.1 Å². The summed E-state index contributed by atoms with van der Waals surface area (Å²) in [6.45, 7) is 1.72. The smallest absolute Gasteiger partial charge is 0.310 e. The zero-order valence-corrected chi connectivity index (χ0v) is 23.7. The van der Waals surface area contributed by atoms with Crippen molar-refractivity contribution in [2.45, 2.75) is 36.9 Å². The van der Waals surface area contributed by atoms with Gasteiger partial charge in [-0.3, -0.25) is 9.59 Å². The van der Waals surface area contributed by atoms with E-state index >= 15 is 0 Å². The molecule has 1 amide bonds. The molecule has 0 bridgehead atoms. The number of sulfonamides is 1. The number of amides is 1. The number of esters is 1. The van der Waals surface area contributed by atoms with Gasteiger partial charge < -0.3 is 10.1 Å². The maximum absolute atomic E-state index is 14.1. The molecule has 39 heavy (non-hydrogen) atoms. The van der Waals surface area contributed by atoms with Gasteiger partial charge in [0.05, 0.1) is 33.5 Å². The van der Waals surface area contributed by atoms with E-state index in [1.807, 2.05) is 0 Å². The summed E-state index contributed by atoms with van der Waals surface area (Å²) in [5.41, 5.74) is 0.978. The van der Waals surface area contributed by atoms with E-state index in [1.165, 1.54) is 60.7 Å². The Hall–Kier alpha value is -2.69. The van der Waals surface area contributed by atoms with Gasteiger partial charge in [0.2, 0.25) is 15.9 Å². The molecular formula is C27H24Cl3FN2O5S. The summed E-state index contributed by atoms with van der Waals surface area (Å²) in [7, 11) is -4.36. The lowest BCUT2D eigenvalue weighted by Gasteiger charge is -2.30. The van der Waals surface area contributed by atoms with E-state index in [9.17, 15) is 22.4 Å². The van der Waals surface area contributed by atoms with Crippen LogP contribution in [0.5, 0.6) is 0 Å². The fourth-order valence-corrected chi connectivity index (χ4v) is 6.81. The minimum atomic E-state index is -4.36. The Kier molecular flexibility index (Phi) is 9.18. The molecule has 0 saturated carbocycles. The second kappa shape index (κ2) is 12.2. The Bertz CT molecular complexity index is 1470. The molecule has 1 heterocycles. The van der Waals surface area contributed by atoms with Crippen molar-refractivity contribution in [1.29, 1.82) is 0 Å². The van der Waals surface area contributed by atoms with Crippen molar-refractivity contribution in [2.75, 3.05) is 6.61 Å². The van der Waals surface area contributed by atoms with Crippen LogP contribution in [-0.4, -0.2) is 37.2 Å². The average molecular weight is 614 g/mol. The third-order valence-electron chi connectivity index (χ3n) is 6.39. The van der Waals surface area contributed by atoms with Crippen LogP contribution in [0, 0.1) is 11.7 Å². The third kappa shape index (κ3) is 6.39. The number of hydrogen-bond donors (Lipinski definition) is 1. The number of nitrogens with one attached hydrogen (secondary N) is 1. The van der Waals surface area contributed by atoms with Gasteiger partial charge in [0.25, 0.3) is 0 Å². The van der Waals surface area contributed by atoms with Crippen molar-refractivity contribution in [2.24, 2.45) is 5.92 Å². The minimum absolute atomic E-state index is 0.0198. The Morgan fingerprint density at radius 3 is 2.28 bits per heavy atom. The highest BCUT2D eigenvalue weighted by atomic mass is 35.5. The highest BCUT2D eigenvalue weighted by molar-refractivity contribution is 7.89.